The van der Waals surface area contributed by atoms with Crippen LogP contribution in [0, 0.1) is 5.92 Å². The van der Waals surface area contributed by atoms with E-state index in [4.69, 9.17) is 9.47 Å². The van der Waals surface area contributed by atoms with E-state index in [-0.39, 0.29) is 49.2 Å². The Morgan fingerprint density at radius 1 is 1.19 bits per heavy atom. The molecule has 4 heterocycles. The molecule has 1 spiro atoms. The number of likely N-dealkylation sites (tertiary alicyclic amines) is 1. The van der Waals surface area contributed by atoms with E-state index in [1.165, 1.54) is 7.11 Å². The predicted molar refractivity (Wildman–Crippen MR) is 161 cm³/mol. The average Bonchev–Trinajstić information content (AvgIpc) is 3.73. The zero-order valence-electron chi connectivity index (χ0n) is 25.6. The zero-order valence-corrected chi connectivity index (χ0v) is 26.6. The minimum Gasteiger partial charge on any atom is -0.469 e. The molecular weight excluding hydrogens is 573 g/mol. The van der Waals surface area contributed by atoms with Gasteiger partial charge in [0.2, 0.25) is 20.2 Å². The molecule has 4 aliphatic heterocycles. The highest BCUT2D eigenvalue weighted by Gasteiger charge is 2.67. The molecule has 3 amide bonds. The van der Waals surface area contributed by atoms with Crippen LogP contribution in [0.4, 0.5) is 15.5 Å². The Balaban J connectivity index is 1.52. The smallest absolute Gasteiger partial charge is 0.305 e. The number of aliphatic hydroxyl groups is 1. The Morgan fingerprint density at radius 2 is 1.95 bits per heavy atom. The lowest BCUT2D eigenvalue weighted by Crippen LogP contribution is -2.45. The molecule has 0 bridgehead atoms. The van der Waals surface area contributed by atoms with Gasteiger partial charge in [0.05, 0.1) is 38.0 Å². The highest BCUT2D eigenvalue weighted by molar-refractivity contribution is 6.72. The predicted octanol–water partition coefficient (Wildman–Crippen LogP) is 3.65. The van der Waals surface area contributed by atoms with Crippen LogP contribution in [-0.4, -0.2) is 87.6 Å². The van der Waals surface area contributed by atoms with Crippen LogP contribution in [0.5, 0.6) is 0 Å². The van der Waals surface area contributed by atoms with Crippen LogP contribution in [0.25, 0.3) is 0 Å². The van der Waals surface area contributed by atoms with Crippen molar-refractivity contribution < 1.29 is 37.9 Å². The number of rotatable bonds is 10. The van der Waals surface area contributed by atoms with Crippen molar-refractivity contribution in [1.29, 1.82) is 0 Å². The lowest BCUT2D eigenvalue weighted by atomic mass is 9.82. The fourth-order valence-electron chi connectivity index (χ4n) is 7.83. The molecule has 0 radical (unpaired) electrons. The summed E-state index contributed by atoms with van der Waals surface area (Å²) in [6.45, 7) is 6.38. The van der Waals surface area contributed by atoms with Gasteiger partial charge in [-0.2, -0.15) is 0 Å². The Bertz CT molecular complexity index is 1270. The lowest BCUT2D eigenvalue weighted by molar-refractivity contribution is -0.150. The molecule has 5 rings (SSSR count). The number of hydrogen-bond donors (Lipinski definition) is 1. The topological polar surface area (TPSA) is 117 Å². The van der Waals surface area contributed by atoms with Crippen molar-refractivity contribution in [2.75, 3.05) is 43.2 Å². The maximum absolute atomic E-state index is 16.2. The first-order valence-corrected chi connectivity index (χ1v) is 18.5. The number of methoxy groups -OCH3 is 1. The van der Waals surface area contributed by atoms with Gasteiger partial charge < -0.3 is 33.4 Å². The van der Waals surface area contributed by atoms with Crippen molar-refractivity contribution in [3.63, 3.8) is 0 Å². The lowest BCUT2D eigenvalue weighted by Gasteiger charge is -2.31. The molecule has 5 atom stereocenters. The van der Waals surface area contributed by atoms with E-state index in [1.54, 1.807) is 27.8 Å². The second kappa shape index (κ2) is 12.3. The normalized spacial score (nSPS) is 28.8. The third-order valence-electron chi connectivity index (χ3n) is 9.85. The van der Waals surface area contributed by atoms with E-state index in [9.17, 15) is 24.3 Å². The monoisotopic (exact) mass is 617 g/mol. The van der Waals surface area contributed by atoms with E-state index >= 15 is 4.11 Å². The number of carbonyl (C=O) groups excluding carboxylic acids is 4. The molecule has 236 valence electrons. The minimum atomic E-state index is -3.48. The molecule has 4 aliphatic rings. The summed E-state index contributed by atoms with van der Waals surface area (Å²) < 4.78 is 27.7. The fraction of sp³-hybridized carbons (Fsp3) is 0.677. The number of esters is 1. The molecule has 3 saturated heterocycles. The Hall–Kier alpha value is -2.83. The van der Waals surface area contributed by atoms with E-state index in [0.717, 1.165) is 19.3 Å². The standard InChI is InChI=1S/C31H44FN3O7Si/c1-20-29(43(3,4)32)25(18-27(38)34-15-7-9-22(34)19-36)42-31(20)23-17-21(33-16-8-10-26(33)37)12-13-24(23)35(30(31)40)14-6-5-11-28(39)41-2/h12-13,17,20,22,25,29,36H,5-11,14-16,18-19H2,1-4H3/t20-,22-,25+,29-,31+/m0/s1. The summed E-state index contributed by atoms with van der Waals surface area (Å²) in [5.74, 6) is -1.37. The molecule has 1 N–H and O–H groups in total. The Labute approximate surface area is 253 Å². The Kier molecular flexibility index (Phi) is 9.02. The number of ether oxygens (including phenoxy) is 2. The number of benzene rings is 1. The van der Waals surface area contributed by atoms with Crippen molar-refractivity contribution in [2.24, 2.45) is 5.92 Å². The number of fused-ring (bicyclic) bond motifs is 2. The van der Waals surface area contributed by atoms with Crippen molar-refractivity contribution in [3.05, 3.63) is 23.8 Å². The van der Waals surface area contributed by atoms with Crippen molar-refractivity contribution in [2.45, 2.75) is 94.7 Å². The third-order valence-corrected chi connectivity index (χ3v) is 12.3. The van der Waals surface area contributed by atoms with E-state index < -0.39 is 31.6 Å². The third kappa shape index (κ3) is 5.61. The van der Waals surface area contributed by atoms with Gasteiger partial charge in [-0.15, -0.1) is 0 Å². The molecule has 12 heteroatoms. The van der Waals surface area contributed by atoms with Crippen LogP contribution in [-0.2, 0) is 34.3 Å². The highest BCUT2D eigenvalue weighted by atomic mass is 28.4. The summed E-state index contributed by atoms with van der Waals surface area (Å²) in [5, 5.41) is 9.80. The van der Waals surface area contributed by atoms with Crippen LogP contribution in [0.3, 0.4) is 0 Å². The van der Waals surface area contributed by atoms with Crippen LogP contribution in [0.2, 0.25) is 18.6 Å². The largest absolute Gasteiger partial charge is 0.469 e. The highest BCUT2D eigenvalue weighted by Crippen LogP contribution is 2.60. The molecule has 3 fully saturated rings. The molecule has 0 saturated carbocycles. The second-order valence-electron chi connectivity index (χ2n) is 12.9. The first kappa shape index (κ1) is 31.6. The maximum atomic E-state index is 16.2. The number of unbranched alkanes of at least 4 members (excludes halogenated alkanes) is 1. The zero-order chi connectivity index (χ0) is 31.1. The molecule has 0 aromatic heterocycles. The van der Waals surface area contributed by atoms with Crippen molar-refractivity contribution >= 4 is 43.5 Å². The molecule has 1 aromatic carbocycles. The van der Waals surface area contributed by atoms with Crippen LogP contribution >= 0.6 is 0 Å². The van der Waals surface area contributed by atoms with E-state index in [0.29, 0.717) is 55.8 Å². The summed E-state index contributed by atoms with van der Waals surface area (Å²) in [7, 11) is -2.14. The summed E-state index contributed by atoms with van der Waals surface area (Å²) >= 11 is 0. The number of halogens is 1. The van der Waals surface area contributed by atoms with Gasteiger partial charge in [0.1, 0.15) is 0 Å². The number of aliphatic hydroxyl groups excluding tert-OH is 1. The summed E-state index contributed by atoms with van der Waals surface area (Å²) in [4.78, 5) is 57.4. The van der Waals surface area contributed by atoms with Crippen LogP contribution < -0.4 is 9.80 Å². The van der Waals surface area contributed by atoms with Crippen molar-refractivity contribution in [1.82, 2.24) is 4.90 Å². The molecule has 10 nitrogen and oxygen atoms in total. The summed E-state index contributed by atoms with van der Waals surface area (Å²) in [6.07, 6.45) is 3.14. The van der Waals surface area contributed by atoms with Gasteiger partial charge in [-0.25, -0.2) is 0 Å². The Morgan fingerprint density at radius 3 is 2.60 bits per heavy atom. The molecule has 0 aliphatic carbocycles. The molecule has 0 unspecified atom stereocenters. The quantitative estimate of drug-likeness (QED) is 0.184. The number of hydrogen-bond acceptors (Lipinski definition) is 7. The van der Waals surface area contributed by atoms with Gasteiger partial charge in [0, 0.05) is 55.2 Å². The van der Waals surface area contributed by atoms with Gasteiger partial charge in [-0.3, -0.25) is 19.2 Å². The second-order valence-corrected chi connectivity index (χ2v) is 16.7. The molecular formula is C31H44FN3O7Si. The average molecular weight is 618 g/mol. The summed E-state index contributed by atoms with van der Waals surface area (Å²) in [5.41, 5.74) is -0.228. The van der Waals surface area contributed by atoms with Gasteiger partial charge in [-0.05, 0) is 63.4 Å². The molecule has 43 heavy (non-hydrogen) atoms. The first-order chi connectivity index (χ1) is 20.4. The van der Waals surface area contributed by atoms with E-state index in [2.05, 4.69) is 0 Å². The van der Waals surface area contributed by atoms with Crippen LogP contribution in [0.15, 0.2) is 18.2 Å². The SMILES string of the molecule is COC(=O)CCCCN1C(=O)[C@]2(O[C@H](CC(=O)N3CCC[C@H]3CO)[C@@H]([Si](C)(C)F)[C@@H]2C)c2cc(N3CCCC3=O)ccc21. The van der Waals surface area contributed by atoms with E-state index in [1.807, 2.05) is 25.1 Å². The van der Waals surface area contributed by atoms with Crippen LogP contribution in [0.1, 0.15) is 63.9 Å². The van der Waals surface area contributed by atoms with Gasteiger partial charge in [-0.1, -0.05) is 6.92 Å². The number of carbonyl (C=O) groups is 4. The minimum absolute atomic E-state index is 0.0149. The van der Waals surface area contributed by atoms with Gasteiger partial charge in [0.15, 0.2) is 5.60 Å². The van der Waals surface area contributed by atoms with Gasteiger partial charge >= 0.3 is 5.97 Å². The van der Waals surface area contributed by atoms with Crippen molar-refractivity contribution in [3.8, 4) is 0 Å². The number of amides is 3. The summed E-state index contributed by atoms with van der Waals surface area (Å²) in [6, 6.07) is 5.26. The fourth-order valence-corrected chi connectivity index (χ4v) is 10.3. The first-order valence-electron chi connectivity index (χ1n) is 15.5. The maximum Gasteiger partial charge on any atom is 0.305 e. The number of nitrogens with zero attached hydrogens (tertiary/aromatic N) is 3. The van der Waals surface area contributed by atoms with Gasteiger partial charge in [0.25, 0.3) is 5.91 Å². The number of anilines is 2. The molecule has 1 aromatic rings.